The summed E-state index contributed by atoms with van der Waals surface area (Å²) in [6.07, 6.45) is 0.462. The van der Waals surface area contributed by atoms with Crippen molar-refractivity contribution in [1.29, 1.82) is 0 Å². The number of benzene rings is 1. The lowest BCUT2D eigenvalue weighted by Gasteiger charge is -2.24. The largest absolute Gasteiger partial charge is 0.444 e. The molecule has 6 heteroatoms. The van der Waals surface area contributed by atoms with Crippen LogP contribution in [0.25, 0.3) is 0 Å². The topological polar surface area (TPSA) is 50.4 Å². The van der Waals surface area contributed by atoms with Crippen molar-refractivity contribution >= 4 is 38.0 Å². The first kappa shape index (κ1) is 20.5. The maximum absolute atomic E-state index is 11.9. The fourth-order valence-corrected chi connectivity index (χ4v) is 3.44. The predicted molar refractivity (Wildman–Crippen MR) is 102 cm³/mol. The van der Waals surface area contributed by atoms with Crippen molar-refractivity contribution in [3.63, 3.8) is 0 Å². The van der Waals surface area contributed by atoms with Gasteiger partial charge in [0.05, 0.1) is 0 Å². The van der Waals surface area contributed by atoms with Gasteiger partial charge in [-0.25, -0.2) is 4.79 Å². The number of carbonyl (C=O) groups excluding carboxylic acids is 1. The van der Waals surface area contributed by atoms with E-state index in [-0.39, 0.29) is 18.2 Å². The number of ether oxygens (including phenoxy) is 1. The van der Waals surface area contributed by atoms with Crippen molar-refractivity contribution in [3.8, 4) is 0 Å². The zero-order valence-corrected chi connectivity index (χ0v) is 17.5. The molecule has 1 aromatic rings. The average Bonchev–Trinajstić information content (AvgIpc) is 2.41. The van der Waals surface area contributed by atoms with Crippen LogP contribution in [-0.4, -0.2) is 24.3 Å². The Bertz CT molecular complexity index is 530. The number of alkyl carbamates (subject to hydrolysis) is 1. The van der Waals surface area contributed by atoms with Crippen LogP contribution in [0.1, 0.15) is 52.6 Å². The normalized spacial score (nSPS) is 14.2. The second-order valence-electron chi connectivity index (χ2n) is 6.55. The number of hydrogen-bond donors (Lipinski definition) is 2. The van der Waals surface area contributed by atoms with E-state index in [0.717, 1.165) is 15.4 Å². The molecular weight excluding hydrogens is 424 g/mol. The molecule has 0 aliphatic carbocycles. The summed E-state index contributed by atoms with van der Waals surface area (Å²) in [5.41, 5.74) is 0.700. The van der Waals surface area contributed by atoms with Crippen LogP contribution < -0.4 is 10.6 Å². The number of amides is 1. The van der Waals surface area contributed by atoms with E-state index in [1.54, 1.807) is 0 Å². The molecule has 0 radical (unpaired) electrons. The molecule has 0 saturated heterocycles. The highest BCUT2D eigenvalue weighted by Crippen LogP contribution is 2.26. The van der Waals surface area contributed by atoms with Crippen molar-refractivity contribution in [2.75, 3.05) is 6.54 Å². The molecular formula is C17H26Br2N2O2. The van der Waals surface area contributed by atoms with Crippen LogP contribution in [0.4, 0.5) is 4.79 Å². The van der Waals surface area contributed by atoms with E-state index < -0.39 is 5.60 Å². The Morgan fingerprint density at radius 1 is 1.30 bits per heavy atom. The second-order valence-corrected chi connectivity index (χ2v) is 8.32. The van der Waals surface area contributed by atoms with Crippen molar-refractivity contribution < 1.29 is 9.53 Å². The number of nitrogens with one attached hydrogen (secondary N) is 2. The number of carbonyl (C=O) groups is 1. The molecule has 1 amide bonds. The zero-order chi connectivity index (χ0) is 17.6. The molecule has 0 aliphatic heterocycles. The number of rotatable bonds is 6. The minimum absolute atomic E-state index is 0.0292. The molecule has 2 N–H and O–H groups in total. The van der Waals surface area contributed by atoms with E-state index in [1.165, 1.54) is 5.56 Å². The van der Waals surface area contributed by atoms with Crippen molar-refractivity contribution in [2.45, 2.75) is 58.7 Å². The molecule has 2 atom stereocenters. The third-order valence-corrected chi connectivity index (χ3v) is 4.49. The van der Waals surface area contributed by atoms with Gasteiger partial charge in [0.1, 0.15) is 5.60 Å². The fourth-order valence-electron chi connectivity index (χ4n) is 2.05. The summed E-state index contributed by atoms with van der Waals surface area (Å²) < 4.78 is 7.40. The average molecular weight is 450 g/mol. The maximum atomic E-state index is 11.9. The molecule has 0 aliphatic rings. The highest BCUT2D eigenvalue weighted by molar-refractivity contribution is 9.11. The molecule has 0 fully saturated rings. The Morgan fingerprint density at radius 3 is 2.48 bits per heavy atom. The van der Waals surface area contributed by atoms with Gasteiger partial charge < -0.3 is 15.4 Å². The van der Waals surface area contributed by atoms with Gasteiger partial charge in [-0.3, -0.25) is 0 Å². The highest BCUT2D eigenvalue weighted by Gasteiger charge is 2.19. The van der Waals surface area contributed by atoms with Crippen LogP contribution in [0, 0.1) is 0 Å². The van der Waals surface area contributed by atoms with Crippen molar-refractivity contribution in [1.82, 2.24) is 10.6 Å². The Morgan fingerprint density at radius 2 is 1.96 bits per heavy atom. The first-order chi connectivity index (χ1) is 10.6. The van der Waals surface area contributed by atoms with Gasteiger partial charge in [0.25, 0.3) is 0 Å². The molecule has 4 nitrogen and oxygen atoms in total. The van der Waals surface area contributed by atoms with Crippen LogP contribution in [-0.2, 0) is 4.74 Å². The SMILES string of the molecule is CCC(CNC(C)c1ccc(Br)cc1Br)NC(=O)OC(C)(C)C. The van der Waals surface area contributed by atoms with Crippen LogP contribution in [0.3, 0.4) is 0 Å². The third kappa shape index (κ3) is 7.68. The van der Waals surface area contributed by atoms with Gasteiger partial charge in [0.2, 0.25) is 0 Å². The summed E-state index contributed by atoms with van der Waals surface area (Å²) in [5, 5.41) is 6.37. The minimum Gasteiger partial charge on any atom is -0.444 e. The Hall–Kier alpha value is -0.590. The standard InChI is InChI=1S/C17H26Br2N2O2/c1-6-13(21-16(22)23-17(3,4)5)10-20-11(2)14-8-7-12(18)9-15(14)19/h7-9,11,13,20H,6,10H2,1-5H3,(H,21,22). The molecule has 0 saturated carbocycles. The fraction of sp³-hybridized carbons (Fsp3) is 0.588. The van der Waals surface area contributed by atoms with Crippen molar-refractivity contribution in [3.05, 3.63) is 32.7 Å². The van der Waals surface area contributed by atoms with E-state index in [1.807, 2.05) is 39.8 Å². The second kappa shape index (κ2) is 9.04. The zero-order valence-electron chi connectivity index (χ0n) is 14.4. The van der Waals surface area contributed by atoms with Gasteiger partial charge in [-0.1, -0.05) is 44.8 Å². The molecule has 2 unspecified atom stereocenters. The molecule has 0 bridgehead atoms. The summed E-state index contributed by atoms with van der Waals surface area (Å²) in [6.45, 7) is 10.4. The van der Waals surface area contributed by atoms with Crippen LogP contribution in [0.5, 0.6) is 0 Å². The highest BCUT2D eigenvalue weighted by atomic mass is 79.9. The molecule has 1 rings (SSSR count). The summed E-state index contributed by atoms with van der Waals surface area (Å²) >= 11 is 7.04. The first-order valence-corrected chi connectivity index (χ1v) is 9.38. The maximum Gasteiger partial charge on any atom is 0.407 e. The lowest BCUT2D eigenvalue weighted by atomic mass is 10.1. The number of hydrogen-bond acceptors (Lipinski definition) is 3. The molecule has 23 heavy (non-hydrogen) atoms. The van der Waals surface area contributed by atoms with E-state index in [4.69, 9.17) is 4.74 Å². The quantitative estimate of drug-likeness (QED) is 0.630. The van der Waals surface area contributed by atoms with Gasteiger partial charge in [-0.05, 0) is 51.8 Å². The molecule has 0 aromatic heterocycles. The van der Waals surface area contributed by atoms with Crippen LogP contribution in [0.2, 0.25) is 0 Å². The van der Waals surface area contributed by atoms with E-state index in [0.29, 0.717) is 6.54 Å². The van der Waals surface area contributed by atoms with Crippen molar-refractivity contribution in [2.24, 2.45) is 0 Å². The smallest absolute Gasteiger partial charge is 0.407 e. The third-order valence-electron chi connectivity index (χ3n) is 3.31. The summed E-state index contributed by atoms with van der Waals surface area (Å²) in [4.78, 5) is 11.9. The molecule has 0 heterocycles. The van der Waals surface area contributed by atoms with E-state index >= 15 is 0 Å². The van der Waals surface area contributed by atoms with Gasteiger partial charge in [-0.2, -0.15) is 0 Å². The van der Waals surface area contributed by atoms with Gasteiger partial charge in [0.15, 0.2) is 0 Å². The monoisotopic (exact) mass is 448 g/mol. The van der Waals surface area contributed by atoms with Gasteiger partial charge in [0, 0.05) is 27.6 Å². The van der Waals surface area contributed by atoms with Gasteiger partial charge in [-0.15, -0.1) is 0 Å². The lowest BCUT2D eigenvalue weighted by molar-refractivity contribution is 0.0502. The summed E-state index contributed by atoms with van der Waals surface area (Å²) in [7, 11) is 0. The van der Waals surface area contributed by atoms with Crippen LogP contribution in [0.15, 0.2) is 27.1 Å². The Kier molecular flexibility index (Phi) is 8.04. The number of halogens is 2. The molecule has 1 aromatic carbocycles. The van der Waals surface area contributed by atoms with E-state index in [9.17, 15) is 4.79 Å². The van der Waals surface area contributed by atoms with Crippen LogP contribution >= 0.6 is 31.9 Å². The van der Waals surface area contributed by atoms with Gasteiger partial charge >= 0.3 is 6.09 Å². The lowest BCUT2D eigenvalue weighted by Crippen LogP contribution is -2.44. The summed E-state index contributed by atoms with van der Waals surface area (Å²) in [6, 6.07) is 6.33. The predicted octanol–water partition coefficient (Wildman–Crippen LogP) is 5.17. The van der Waals surface area contributed by atoms with E-state index in [2.05, 4.69) is 55.5 Å². The molecule has 130 valence electrons. The Labute approximate surface area is 156 Å². The molecule has 0 spiro atoms. The minimum atomic E-state index is -0.481. The first-order valence-electron chi connectivity index (χ1n) is 7.80. The summed E-state index contributed by atoms with van der Waals surface area (Å²) in [5.74, 6) is 0. The Balaban J connectivity index is 2.55.